The van der Waals surface area contributed by atoms with Crippen molar-refractivity contribution in [3.8, 4) is 5.75 Å². The van der Waals surface area contributed by atoms with E-state index in [1.165, 1.54) is 10.6 Å². The van der Waals surface area contributed by atoms with Gasteiger partial charge in [-0.25, -0.2) is 8.42 Å². The summed E-state index contributed by atoms with van der Waals surface area (Å²) in [4.78, 5) is 2.15. The van der Waals surface area contributed by atoms with Crippen LogP contribution in [-0.4, -0.2) is 73.4 Å². The maximum absolute atomic E-state index is 12.0. The second kappa shape index (κ2) is 7.00. The molecule has 0 unspecified atom stereocenters. The second-order valence-electron chi connectivity index (χ2n) is 6.77. The lowest BCUT2D eigenvalue weighted by Gasteiger charge is -2.47. The number of para-hydroxylation sites is 1. The number of benzene rings is 1. The zero-order chi connectivity index (χ0) is 17.2. The molecule has 2 atom stereocenters. The third-order valence-electron chi connectivity index (χ3n) is 5.20. The standard InChI is InChI=1S/C17H26N2O4S/c1-24(21,22)19-10-5-8-17(19)9-11-18(14-16(17)20)12-13-23-15-6-3-2-4-7-15/h2-4,6-7,16,20H,5,8-14H2,1H3/t16-,17-/m0/s1. The third kappa shape index (κ3) is 3.59. The van der Waals surface area contributed by atoms with Crippen LogP contribution in [0.4, 0.5) is 0 Å². The molecule has 2 heterocycles. The van der Waals surface area contributed by atoms with Crippen molar-refractivity contribution in [3.63, 3.8) is 0 Å². The number of aliphatic hydroxyl groups is 1. The number of piperidine rings is 1. The monoisotopic (exact) mass is 354 g/mol. The van der Waals surface area contributed by atoms with Crippen LogP contribution >= 0.6 is 0 Å². The number of hydrogen-bond acceptors (Lipinski definition) is 5. The van der Waals surface area contributed by atoms with Crippen molar-refractivity contribution in [2.45, 2.75) is 30.9 Å². The molecule has 0 aromatic heterocycles. The first kappa shape index (κ1) is 17.7. The first-order valence-corrected chi connectivity index (χ1v) is 10.3. The number of β-amino-alcohol motifs (C(OH)–C–C–N with tert-alkyl or cyclic N) is 1. The van der Waals surface area contributed by atoms with E-state index >= 15 is 0 Å². The molecule has 7 heteroatoms. The van der Waals surface area contributed by atoms with Crippen molar-refractivity contribution in [1.29, 1.82) is 0 Å². The van der Waals surface area contributed by atoms with Crippen LogP contribution in [0.1, 0.15) is 19.3 Å². The Morgan fingerprint density at radius 1 is 1.25 bits per heavy atom. The average molecular weight is 354 g/mol. The maximum Gasteiger partial charge on any atom is 0.211 e. The summed E-state index contributed by atoms with van der Waals surface area (Å²) in [6.07, 6.45) is 2.83. The molecular weight excluding hydrogens is 328 g/mol. The van der Waals surface area contributed by atoms with Crippen molar-refractivity contribution < 1.29 is 18.3 Å². The minimum absolute atomic E-state index is 0.490. The summed E-state index contributed by atoms with van der Waals surface area (Å²) in [6, 6.07) is 9.65. The molecule has 1 spiro atoms. The molecule has 0 bridgehead atoms. The van der Waals surface area contributed by atoms with Crippen molar-refractivity contribution in [1.82, 2.24) is 9.21 Å². The second-order valence-corrected chi connectivity index (χ2v) is 8.68. The number of likely N-dealkylation sites (tertiary alicyclic amines) is 1. The van der Waals surface area contributed by atoms with Crippen molar-refractivity contribution >= 4 is 10.0 Å². The smallest absolute Gasteiger partial charge is 0.211 e. The Balaban J connectivity index is 1.55. The normalized spacial score (nSPS) is 29.2. The zero-order valence-corrected chi connectivity index (χ0v) is 14.9. The lowest BCUT2D eigenvalue weighted by Crippen LogP contribution is -2.62. The quantitative estimate of drug-likeness (QED) is 0.852. The first-order chi connectivity index (χ1) is 11.4. The van der Waals surface area contributed by atoms with E-state index < -0.39 is 21.7 Å². The SMILES string of the molecule is CS(=O)(=O)N1CCC[C@@]12CCN(CCOc1ccccc1)C[C@@H]2O. The third-order valence-corrected chi connectivity index (χ3v) is 6.55. The Bertz CT molecular complexity index is 652. The van der Waals surface area contributed by atoms with Crippen LogP contribution in [0.5, 0.6) is 5.75 Å². The molecule has 2 aliphatic heterocycles. The van der Waals surface area contributed by atoms with E-state index in [-0.39, 0.29) is 0 Å². The van der Waals surface area contributed by atoms with Gasteiger partial charge in [0.25, 0.3) is 0 Å². The predicted molar refractivity (Wildman–Crippen MR) is 92.5 cm³/mol. The highest BCUT2D eigenvalue weighted by molar-refractivity contribution is 7.88. The Morgan fingerprint density at radius 3 is 2.67 bits per heavy atom. The van der Waals surface area contributed by atoms with Gasteiger partial charge in [-0.2, -0.15) is 4.31 Å². The largest absolute Gasteiger partial charge is 0.492 e. The Labute approximate surface area is 144 Å². The number of hydrogen-bond donors (Lipinski definition) is 1. The van der Waals surface area contributed by atoms with Crippen molar-refractivity contribution in [2.24, 2.45) is 0 Å². The molecule has 1 aromatic carbocycles. The highest BCUT2D eigenvalue weighted by atomic mass is 32.2. The number of rotatable bonds is 5. The number of aliphatic hydroxyl groups excluding tert-OH is 1. The van der Waals surface area contributed by atoms with Crippen LogP contribution in [0, 0.1) is 0 Å². The molecule has 24 heavy (non-hydrogen) atoms. The lowest BCUT2D eigenvalue weighted by atomic mass is 9.83. The van der Waals surface area contributed by atoms with Gasteiger partial charge in [-0.15, -0.1) is 0 Å². The summed E-state index contributed by atoms with van der Waals surface area (Å²) in [5, 5.41) is 10.7. The fraction of sp³-hybridized carbons (Fsp3) is 0.647. The van der Waals surface area contributed by atoms with Gasteiger partial charge >= 0.3 is 0 Å². The topological polar surface area (TPSA) is 70.1 Å². The summed E-state index contributed by atoms with van der Waals surface area (Å²) in [7, 11) is -3.28. The lowest BCUT2D eigenvalue weighted by molar-refractivity contribution is -0.0379. The molecule has 3 rings (SSSR count). The van der Waals surface area contributed by atoms with Gasteiger partial charge in [-0.05, 0) is 31.4 Å². The average Bonchev–Trinajstić information content (AvgIpc) is 2.97. The molecule has 0 aliphatic carbocycles. The van der Waals surface area contributed by atoms with Gasteiger partial charge in [-0.3, -0.25) is 4.90 Å². The van der Waals surface area contributed by atoms with Crippen LogP contribution in [0.2, 0.25) is 0 Å². The summed E-state index contributed by atoms with van der Waals surface area (Å²) in [6.45, 7) is 3.07. The van der Waals surface area contributed by atoms with Gasteiger partial charge in [0, 0.05) is 26.2 Å². The highest BCUT2D eigenvalue weighted by Crippen LogP contribution is 2.40. The van der Waals surface area contributed by atoms with Crippen molar-refractivity contribution in [3.05, 3.63) is 30.3 Å². The van der Waals surface area contributed by atoms with E-state index in [9.17, 15) is 13.5 Å². The van der Waals surface area contributed by atoms with E-state index in [0.29, 0.717) is 26.1 Å². The van der Waals surface area contributed by atoms with Crippen LogP contribution in [-0.2, 0) is 10.0 Å². The molecule has 1 N–H and O–H groups in total. The van der Waals surface area contributed by atoms with Gasteiger partial charge in [0.15, 0.2) is 0 Å². The van der Waals surface area contributed by atoms with Gasteiger partial charge in [0.1, 0.15) is 12.4 Å². The summed E-state index contributed by atoms with van der Waals surface area (Å²) >= 11 is 0. The Hall–Kier alpha value is -1.15. The molecule has 6 nitrogen and oxygen atoms in total. The Kier molecular flexibility index (Phi) is 5.15. The van der Waals surface area contributed by atoms with Gasteiger partial charge in [0.05, 0.1) is 17.9 Å². The predicted octanol–water partition coefficient (Wildman–Crippen LogP) is 0.926. The molecule has 1 aromatic rings. The van der Waals surface area contributed by atoms with E-state index in [4.69, 9.17) is 4.74 Å². The maximum atomic E-state index is 12.0. The van der Waals surface area contributed by atoms with Gasteiger partial charge in [-0.1, -0.05) is 18.2 Å². The van der Waals surface area contributed by atoms with Crippen LogP contribution in [0.15, 0.2) is 30.3 Å². The molecule has 0 saturated carbocycles. The van der Waals surface area contributed by atoms with Crippen LogP contribution < -0.4 is 4.74 Å². The number of nitrogens with zero attached hydrogens (tertiary/aromatic N) is 2. The molecule has 2 aliphatic rings. The molecule has 0 amide bonds. The highest BCUT2D eigenvalue weighted by Gasteiger charge is 2.52. The van der Waals surface area contributed by atoms with Crippen LogP contribution in [0.25, 0.3) is 0 Å². The minimum atomic E-state index is -3.28. The van der Waals surface area contributed by atoms with E-state index in [2.05, 4.69) is 4.90 Å². The molecule has 134 valence electrons. The van der Waals surface area contributed by atoms with Gasteiger partial charge < -0.3 is 9.84 Å². The summed E-state index contributed by atoms with van der Waals surface area (Å²) in [5.74, 6) is 0.838. The molecule has 2 fully saturated rings. The van der Waals surface area contributed by atoms with E-state index in [1.807, 2.05) is 30.3 Å². The Morgan fingerprint density at radius 2 is 2.00 bits per heavy atom. The van der Waals surface area contributed by atoms with Crippen molar-refractivity contribution in [2.75, 3.05) is 39.0 Å². The fourth-order valence-corrected chi connectivity index (χ4v) is 5.42. The number of ether oxygens (including phenoxy) is 1. The van der Waals surface area contributed by atoms with Gasteiger partial charge in [0.2, 0.25) is 10.0 Å². The van der Waals surface area contributed by atoms with E-state index in [1.54, 1.807) is 0 Å². The molecular formula is C17H26N2O4S. The molecule has 2 saturated heterocycles. The summed E-state index contributed by atoms with van der Waals surface area (Å²) in [5.41, 5.74) is -0.607. The zero-order valence-electron chi connectivity index (χ0n) is 14.1. The van der Waals surface area contributed by atoms with Crippen LogP contribution in [0.3, 0.4) is 0 Å². The summed E-state index contributed by atoms with van der Waals surface area (Å²) < 4.78 is 31.3. The fourth-order valence-electron chi connectivity index (χ4n) is 3.99. The first-order valence-electron chi connectivity index (χ1n) is 8.48. The van der Waals surface area contributed by atoms with E-state index in [0.717, 1.165) is 31.7 Å². The minimum Gasteiger partial charge on any atom is -0.492 e. The molecule has 0 radical (unpaired) electrons. The number of sulfonamides is 1.